The van der Waals surface area contributed by atoms with E-state index in [1.54, 1.807) is 6.33 Å². The largest absolute Gasteiger partial charge is 0.508 e. The molecule has 7 rings (SSSR count). The van der Waals surface area contributed by atoms with Crippen LogP contribution in [0.3, 0.4) is 0 Å². The summed E-state index contributed by atoms with van der Waals surface area (Å²) in [6, 6.07) is 11.2. The number of aromatic amines is 1. The number of aromatic hydroxyl groups is 1. The number of phenolic OH excluding ortho intramolecular Hbond substituents is 1. The summed E-state index contributed by atoms with van der Waals surface area (Å²) < 4.78 is 13.6. The lowest BCUT2D eigenvalue weighted by Gasteiger charge is -2.56. The fourth-order valence-corrected chi connectivity index (χ4v) is 5.34. The van der Waals surface area contributed by atoms with Crippen molar-refractivity contribution in [3.05, 3.63) is 66.0 Å². The molecule has 2 atom stereocenters. The van der Waals surface area contributed by atoms with Gasteiger partial charge in [-0.3, -0.25) is 4.90 Å². The van der Waals surface area contributed by atoms with Crippen molar-refractivity contribution < 1.29 is 9.50 Å². The van der Waals surface area contributed by atoms with E-state index < -0.39 is 0 Å². The van der Waals surface area contributed by atoms with Crippen LogP contribution in [0.25, 0.3) is 22.3 Å². The van der Waals surface area contributed by atoms with Crippen molar-refractivity contribution in [2.45, 2.75) is 31.5 Å². The van der Waals surface area contributed by atoms with Gasteiger partial charge in [-0.1, -0.05) is 0 Å². The van der Waals surface area contributed by atoms with Gasteiger partial charge in [-0.05, 0) is 56.3 Å². The Balaban J connectivity index is 1.16. The lowest BCUT2D eigenvalue weighted by molar-refractivity contribution is -0.00921. The van der Waals surface area contributed by atoms with Crippen LogP contribution < -0.4 is 10.2 Å². The summed E-state index contributed by atoms with van der Waals surface area (Å²) in [4.78, 5) is 21.7. The third-order valence-corrected chi connectivity index (χ3v) is 7.21. The number of nitrogens with zero attached hydrogens (tertiary/aromatic N) is 5. The Kier molecular flexibility index (Phi) is 5.58. The quantitative estimate of drug-likeness (QED) is 0.380. The summed E-state index contributed by atoms with van der Waals surface area (Å²) in [6.07, 6.45) is 5.50. The average molecular weight is 474 g/mol. The van der Waals surface area contributed by atoms with Gasteiger partial charge in [-0.2, -0.15) is 0 Å². The normalized spacial score (nSPS) is 19.8. The van der Waals surface area contributed by atoms with Gasteiger partial charge in [0.05, 0.1) is 5.69 Å². The predicted octanol–water partition coefficient (Wildman–Crippen LogP) is 3.09. The van der Waals surface area contributed by atoms with E-state index in [9.17, 15) is 9.50 Å². The second kappa shape index (κ2) is 8.90. The van der Waals surface area contributed by atoms with Crippen LogP contribution in [-0.2, 0) is 13.0 Å². The highest BCUT2D eigenvalue weighted by Crippen LogP contribution is 2.37. The standard InChI is InChI=1S/C26H28FN7O/c1-28-7-6-19-9-22-25(30-15-31-26(22)32-19)16-2-5-24(29-11-16)33-13-20-10-21(14-33)34(20)12-17-8-18(27)3-4-23(17)35/h2-5,8-9,11,15,20-21,28,35H,6-7,10,12-14H2,1H3,(H,30,31,32). The Labute approximate surface area is 202 Å². The minimum absolute atomic E-state index is 0.154. The molecule has 0 amide bonds. The molecule has 6 heterocycles. The van der Waals surface area contributed by atoms with Crippen molar-refractivity contribution in [1.82, 2.24) is 30.2 Å². The molecule has 1 aromatic carbocycles. The van der Waals surface area contributed by atoms with E-state index in [0.29, 0.717) is 24.2 Å². The topological polar surface area (TPSA) is 93.2 Å². The van der Waals surface area contributed by atoms with E-state index >= 15 is 0 Å². The van der Waals surface area contributed by atoms with Crippen molar-refractivity contribution >= 4 is 16.9 Å². The van der Waals surface area contributed by atoms with Crippen LogP contribution in [0.5, 0.6) is 5.75 Å². The highest BCUT2D eigenvalue weighted by atomic mass is 19.1. The van der Waals surface area contributed by atoms with Crippen LogP contribution in [0, 0.1) is 5.82 Å². The lowest BCUT2D eigenvalue weighted by Crippen LogP contribution is -2.68. The van der Waals surface area contributed by atoms with Crippen molar-refractivity contribution in [2.24, 2.45) is 0 Å². The summed E-state index contributed by atoms with van der Waals surface area (Å²) in [5.74, 6) is 0.788. The number of pyridine rings is 1. The van der Waals surface area contributed by atoms with Gasteiger partial charge < -0.3 is 20.3 Å². The number of rotatable bonds is 7. The van der Waals surface area contributed by atoms with E-state index in [-0.39, 0.29) is 11.6 Å². The molecule has 4 aromatic rings. The fourth-order valence-electron chi connectivity index (χ4n) is 5.34. The van der Waals surface area contributed by atoms with Crippen molar-refractivity contribution in [3.63, 3.8) is 0 Å². The average Bonchev–Trinajstić information content (AvgIpc) is 3.31. The Morgan fingerprint density at radius 3 is 2.74 bits per heavy atom. The van der Waals surface area contributed by atoms with Crippen LogP contribution in [0.4, 0.5) is 10.2 Å². The van der Waals surface area contributed by atoms with E-state index in [2.05, 4.69) is 48.3 Å². The SMILES string of the molecule is CNCCc1cc2c(-c3ccc(N4CC5CC(C4)N5Cc4cc(F)ccc4O)nc3)ncnc2[nH]1. The zero-order chi connectivity index (χ0) is 23.9. The third-order valence-electron chi connectivity index (χ3n) is 7.21. The van der Waals surface area contributed by atoms with Gasteiger partial charge in [-0.25, -0.2) is 19.3 Å². The lowest BCUT2D eigenvalue weighted by atomic mass is 9.86. The number of H-pyrrole nitrogens is 1. The zero-order valence-corrected chi connectivity index (χ0v) is 19.6. The molecule has 0 spiro atoms. The molecule has 3 N–H and O–H groups in total. The van der Waals surface area contributed by atoms with Crippen LogP contribution in [0.2, 0.25) is 0 Å². The molecule has 0 aliphatic carbocycles. The summed E-state index contributed by atoms with van der Waals surface area (Å²) in [5, 5.41) is 14.3. The number of phenols is 1. The number of nitrogens with one attached hydrogen (secondary N) is 2. The molecule has 3 aliphatic heterocycles. The summed E-state index contributed by atoms with van der Waals surface area (Å²) >= 11 is 0. The molecule has 180 valence electrons. The van der Waals surface area contributed by atoms with E-state index in [4.69, 9.17) is 4.98 Å². The number of aromatic nitrogens is 4. The van der Waals surface area contributed by atoms with E-state index in [1.165, 1.54) is 18.2 Å². The molecule has 3 aromatic heterocycles. The number of hydrogen-bond acceptors (Lipinski definition) is 7. The Hall–Kier alpha value is -3.56. The predicted molar refractivity (Wildman–Crippen MR) is 133 cm³/mol. The molecule has 3 aliphatic rings. The van der Waals surface area contributed by atoms with Crippen molar-refractivity contribution in [2.75, 3.05) is 31.6 Å². The number of likely N-dealkylation sites (N-methyl/N-ethyl adjacent to an activating group) is 1. The van der Waals surface area contributed by atoms with Gasteiger partial charge in [0.2, 0.25) is 0 Å². The third kappa shape index (κ3) is 4.11. The number of piperazine rings is 1. The maximum atomic E-state index is 13.6. The van der Waals surface area contributed by atoms with Crippen LogP contribution in [0.15, 0.2) is 48.9 Å². The molecular weight excluding hydrogens is 445 g/mol. The summed E-state index contributed by atoms with van der Waals surface area (Å²) in [6.45, 7) is 3.19. The van der Waals surface area contributed by atoms with Gasteiger partial charge in [0.25, 0.3) is 0 Å². The molecular formula is C26H28FN7O. The van der Waals surface area contributed by atoms with Gasteiger partial charge in [0.15, 0.2) is 0 Å². The zero-order valence-electron chi connectivity index (χ0n) is 19.6. The number of fused-ring (bicyclic) bond motifs is 3. The minimum Gasteiger partial charge on any atom is -0.508 e. The molecule has 35 heavy (non-hydrogen) atoms. The van der Waals surface area contributed by atoms with Gasteiger partial charge >= 0.3 is 0 Å². The number of piperidine rings is 1. The molecule has 2 bridgehead atoms. The number of halogens is 1. The number of hydrogen-bond donors (Lipinski definition) is 3. The van der Waals surface area contributed by atoms with Gasteiger partial charge in [-0.15, -0.1) is 0 Å². The second-order valence-corrected chi connectivity index (χ2v) is 9.43. The maximum Gasteiger partial charge on any atom is 0.141 e. The monoisotopic (exact) mass is 473 g/mol. The highest BCUT2D eigenvalue weighted by molar-refractivity contribution is 5.91. The van der Waals surface area contributed by atoms with Gasteiger partial charge in [0.1, 0.15) is 29.4 Å². The molecule has 8 nitrogen and oxygen atoms in total. The maximum absolute atomic E-state index is 13.6. The first-order valence-electron chi connectivity index (χ1n) is 12.0. The van der Waals surface area contributed by atoms with Crippen LogP contribution >= 0.6 is 0 Å². The second-order valence-electron chi connectivity index (χ2n) is 9.43. The first-order chi connectivity index (χ1) is 17.1. The molecule has 0 saturated carbocycles. The van der Waals surface area contributed by atoms with Crippen molar-refractivity contribution in [1.29, 1.82) is 0 Å². The first-order valence-corrected chi connectivity index (χ1v) is 12.0. The van der Waals surface area contributed by atoms with Gasteiger partial charge in [0, 0.05) is 66.7 Å². The first kappa shape index (κ1) is 21.9. The summed E-state index contributed by atoms with van der Waals surface area (Å²) in [7, 11) is 1.94. The molecule has 2 unspecified atom stereocenters. The molecule has 3 fully saturated rings. The van der Waals surface area contributed by atoms with E-state index in [0.717, 1.165) is 66.3 Å². The summed E-state index contributed by atoms with van der Waals surface area (Å²) in [5.41, 5.74) is 4.45. The van der Waals surface area contributed by atoms with E-state index in [1.807, 2.05) is 13.2 Å². The van der Waals surface area contributed by atoms with Crippen LogP contribution in [-0.4, -0.2) is 68.7 Å². The Morgan fingerprint density at radius 1 is 1.11 bits per heavy atom. The smallest absolute Gasteiger partial charge is 0.141 e. The number of benzene rings is 1. The molecule has 9 heteroatoms. The van der Waals surface area contributed by atoms with Crippen LogP contribution in [0.1, 0.15) is 17.7 Å². The number of anilines is 1. The highest BCUT2D eigenvalue weighted by Gasteiger charge is 2.44. The van der Waals surface area contributed by atoms with Crippen molar-refractivity contribution in [3.8, 4) is 17.0 Å². The Bertz CT molecular complexity index is 1340. The molecule has 0 radical (unpaired) electrons. The Morgan fingerprint density at radius 2 is 1.97 bits per heavy atom. The fraction of sp³-hybridized carbons (Fsp3) is 0.346. The minimum atomic E-state index is -0.316. The molecule has 3 saturated heterocycles.